The van der Waals surface area contributed by atoms with Crippen molar-refractivity contribution in [2.45, 2.75) is 13.1 Å². The zero-order valence-electron chi connectivity index (χ0n) is 11.4. The van der Waals surface area contributed by atoms with Gasteiger partial charge in [-0.3, -0.25) is 0 Å². The lowest BCUT2D eigenvalue weighted by atomic mass is 10.1. The van der Waals surface area contributed by atoms with Crippen LogP contribution in [0.5, 0.6) is 0 Å². The molecular weight excluding hydrogens is 270 g/mol. The van der Waals surface area contributed by atoms with Crippen LogP contribution in [0.15, 0.2) is 35.2 Å². The van der Waals surface area contributed by atoms with E-state index >= 15 is 0 Å². The van der Waals surface area contributed by atoms with Crippen molar-refractivity contribution in [1.82, 2.24) is 10.3 Å². The Morgan fingerprint density at radius 1 is 1.25 bits per heavy atom. The Hall–Kier alpha value is -1.43. The van der Waals surface area contributed by atoms with Crippen LogP contribution in [0.2, 0.25) is 0 Å². The van der Waals surface area contributed by atoms with E-state index in [4.69, 9.17) is 4.74 Å². The van der Waals surface area contributed by atoms with E-state index in [1.807, 2.05) is 5.51 Å². The SMILES string of the molecule is c1cc(CNCc2cscn2)cc(N2CCOCC2)c1. The molecule has 0 radical (unpaired) electrons. The predicted octanol–water partition coefficient (Wildman–Crippen LogP) is 2.27. The van der Waals surface area contributed by atoms with E-state index in [0.29, 0.717) is 0 Å². The summed E-state index contributed by atoms with van der Waals surface area (Å²) in [5, 5.41) is 5.52. The smallest absolute Gasteiger partial charge is 0.0795 e. The first-order chi connectivity index (χ1) is 9.92. The van der Waals surface area contributed by atoms with Gasteiger partial charge >= 0.3 is 0 Å². The number of morpholine rings is 1. The molecule has 0 bridgehead atoms. The van der Waals surface area contributed by atoms with Crippen molar-refractivity contribution < 1.29 is 4.74 Å². The lowest BCUT2D eigenvalue weighted by molar-refractivity contribution is 0.122. The van der Waals surface area contributed by atoms with Crippen LogP contribution in [-0.2, 0) is 17.8 Å². The number of benzene rings is 1. The van der Waals surface area contributed by atoms with Crippen molar-refractivity contribution in [3.8, 4) is 0 Å². The van der Waals surface area contributed by atoms with Crippen molar-refractivity contribution in [2.75, 3.05) is 31.2 Å². The zero-order chi connectivity index (χ0) is 13.6. The van der Waals surface area contributed by atoms with Crippen molar-refractivity contribution in [3.63, 3.8) is 0 Å². The Labute approximate surface area is 123 Å². The molecule has 3 rings (SSSR count). The summed E-state index contributed by atoms with van der Waals surface area (Å²) in [6.45, 7) is 5.31. The van der Waals surface area contributed by atoms with E-state index in [1.54, 1.807) is 11.3 Å². The number of anilines is 1. The first-order valence-corrected chi connectivity index (χ1v) is 7.85. The lowest BCUT2D eigenvalue weighted by Crippen LogP contribution is -2.36. The van der Waals surface area contributed by atoms with E-state index in [-0.39, 0.29) is 0 Å². The number of aromatic nitrogens is 1. The molecule has 1 aliphatic heterocycles. The minimum Gasteiger partial charge on any atom is -0.378 e. The number of thiazole rings is 1. The number of rotatable bonds is 5. The summed E-state index contributed by atoms with van der Waals surface area (Å²) in [6.07, 6.45) is 0. The van der Waals surface area contributed by atoms with E-state index in [0.717, 1.165) is 45.1 Å². The first-order valence-electron chi connectivity index (χ1n) is 6.91. The van der Waals surface area contributed by atoms with Gasteiger partial charge in [0, 0.05) is 37.2 Å². The molecule has 1 N–H and O–H groups in total. The average molecular weight is 289 g/mol. The normalized spacial score (nSPS) is 15.5. The predicted molar refractivity (Wildman–Crippen MR) is 82.1 cm³/mol. The van der Waals surface area contributed by atoms with E-state index in [9.17, 15) is 0 Å². The van der Waals surface area contributed by atoms with E-state index in [1.165, 1.54) is 11.3 Å². The second-order valence-electron chi connectivity index (χ2n) is 4.85. The van der Waals surface area contributed by atoms with Gasteiger partial charge in [-0.15, -0.1) is 11.3 Å². The van der Waals surface area contributed by atoms with Crippen molar-refractivity contribution >= 4 is 17.0 Å². The van der Waals surface area contributed by atoms with Crippen LogP contribution in [0.4, 0.5) is 5.69 Å². The summed E-state index contributed by atoms with van der Waals surface area (Å²) < 4.78 is 5.40. The minimum absolute atomic E-state index is 0.825. The molecule has 1 saturated heterocycles. The summed E-state index contributed by atoms with van der Waals surface area (Å²) in [7, 11) is 0. The summed E-state index contributed by atoms with van der Waals surface area (Å²) in [6, 6.07) is 8.73. The molecule has 0 amide bonds. The fraction of sp³-hybridized carbons (Fsp3) is 0.400. The van der Waals surface area contributed by atoms with Gasteiger partial charge in [0.2, 0.25) is 0 Å². The highest BCUT2D eigenvalue weighted by Crippen LogP contribution is 2.17. The standard InChI is InChI=1S/C15H19N3OS/c1-2-13(9-16-10-14-11-20-12-17-14)8-15(3-1)18-4-6-19-7-5-18/h1-3,8,11-12,16H,4-7,9-10H2. The fourth-order valence-electron chi connectivity index (χ4n) is 2.34. The van der Waals surface area contributed by atoms with E-state index < -0.39 is 0 Å². The minimum atomic E-state index is 0.825. The molecule has 0 unspecified atom stereocenters. The molecule has 2 heterocycles. The highest BCUT2D eigenvalue weighted by molar-refractivity contribution is 7.07. The summed E-state index contributed by atoms with van der Waals surface area (Å²) in [5.41, 5.74) is 5.58. The molecule has 0 aliphatic carbocycles. The highest BCUT2D eigenvalue weighted by Gasteiger charge is 2.11. The number of hydrogen-bond acceptors (Lipinski definition) is 5. The van der Waals surface area contributed by atoms with Crippen LogP contribution in [0.3, 0.4) is 0 Å². The third-order valence-electron chi connectivity index (χ3n) is 3.41. The largest absolute Gasteiger partial charge is 0.378 e. The molecule has 0 atom stereocenters. The molecule has 5 heteroatoms. The molecule has 106 valence electrons. The van der Waals surface area contributed by atoms with Gasteiger partial charge < -0.3 is 15.0 Å². The molecule has 0 saturated carbocycles. The summed E-state index contributed by atoms with van der Waals surface area (Å²) in [4.78, 5) is 6.65. The molecule has 0 spiro atoms. The van der Waals surface area contributed by atoms with Gasteiger partial charge in [0.05, 0.1) is 24.4 Å². The molecule has 20 heavy (non-hydrogen) atoms. The summed E-state index contributed by atoms with van der Waals surface area (Å²) >= 11 is 1.64. The Bertz CT molecular complexity index is 524. The number of ether oxygens (including phenoxy) is 1. The van der Waals surface area contributed by atoms with Gasteiger partial charge in [0.25, 0.3) is 0 Å². The lowest BCUT2D eigenvalue weighted by Gasteiger charge is -2.29. The van der Waals surface area contributed by atoms with Crippen LogP contribution in [0, 0.1) is 0 Å². The topological polar surface area (TPSA) is 37.4 Å². The fourth-order valence-corrected chi connectivity index (χ4v) is 2.90. The van der Waals surface area contributed by atoms with Gasteiger partial charge in [0.1, 0.15) is 0 Å². The van der Waals surface area contributed by atoms with Crippen molar-refractivity contribution in [3.05, 3.63) is 46.4 Å². The van der Waals surface area contributed by atoms with Crippen molar-refractivity contribution in [1.29, 1.82) is 0 Å². The molecule has 4 nitrogen and oxygen atoms in total. The molecule has 2 aromatic rings. The first kappa shape index (κ1) is 13.5. The second-order valence-corrected chi connectivity index (χ2v) is 5.57. The molecule has 1 fully saturated rings. The average Bonchev–Trinajstić information content (AvgIpc) is 3.02. The maximum atomic E-state index is 5.40. The highest BCUT2D eigenvalue weighted by atomic mass is 32.1. The molecule has 1 aliphatic rings. The van der Waals surface area contributed by atoms with E-state index in [2.05, 4.69) is 44.8 Å². The van der Waals surface area contributed by atoms with Gasteiger partial charge in [-0.05, 0) is 17.7 Å². The number of nitrogens with zero attached hydrogens (tertiary/aromatic N) is 2. The van der Waals surface area contributed by atoms with Crippen molar-refractivity contribution in [2.24, 2.45) is 0 Å². The Morgan fingerprint density at radius 2 is 2.15 bits per heavy atom. The van der Waals surface area contributed by atoms with Gasteiger partial charge in [-0.25, -0.2) is 4.98 Å². The third-order valence-corrected chi connectivity index (χ3v) is 4.04. The van der Waals surface area contributed by atoms with Crippen LogP contribution in [-0.4, -0.2) is 31.3 Å². The third kappa shape index (κ3) is 3.56. The zero-order valence-corrected chi connectivity index (χ0v) is 12.2. The Morgan fingerprint density at radius 3 is 2.95 bits per heavy atom. The monoisotopic (exact) mass is 289 g/mol. The van der Waals surface area contributed by atoms with Crippen LogP contribution in [0.1, 0.15) is 11.3 Å². The Balaban J connectivity index is 1.56. The van der Waals surface area contributed by atoms with Gasteiger partial charge in [0.15, 0.2) is 0 Å². The Kier molecular flexibility index (Phi) is 4.63. The van der Waals surface area contributed by atoms with Crippen LogP contribution in [0.25, 0.3) is 0 Å². The second kappa shape index (κ2) is 6.83. The van der Waals surface area contributed by atoms with Gasteiger partial charge in [-0.1, -0.05) is 12.1 Å². The summed E-state index contributed by atoms with van der Waals surface area (Å²) in [5.74, 6) is 0. The maximum Gasteiger partial charge on any atom is 0.0795 e. The molecular formula is C15H19N3OS. The van der Waals surface area contributed by atoms with Crippen LogP contribution >= 0.6 is 11.3 Å². The van der Waals surface area contributed by atoms with Gasteiger partial charge in [-0.2, -0.15) is 0 Å². The number of nitrogens with one attached hydrogen (secondary N) is 1. The maximum absolute atomic E-state index is 5.40. The molecule has 1 aromatic carbocycles. The van der Waals surface area contributed by atoms with Crippen LogP contribution < -0.4 is 10.2 Å². The number of hydrogen-bond donors (Lipinski definition) is 1. The quantitative estimate of drug-likeness (QED) is 0.916. The molecule has 1 aromatic heterocycles.